The largest absolute Gasteiger partial charge is 0.480 e. The minimum atomic E-state index is -1.02. The second-order valence-electron chi connectivity index (χ2n) is 4.61. The molecular formula is C10H19NO4. The molecule has 0 aliphatic carbocycles. The number of ether oxygens (including phenoxy) is 1. The molecule has 0 saturated heterocycles. The van der Waals surface area contributed by atoms with Gasteiger partial charge in [-0.1, -0.05) is 0 Å². The van der Waals surface area contributed by atoms with E-state index in [1.807, 2.05) is 0 Å². The van der Waals surface area contributed by atoms with Crippen LogP contribution in [-0.4, -0.2) is 47.7 Å². The normalized spacial score (nSPS) is 13.7. The summed E-state index contributed by atoms with van der Waals surface area (Å²) in [4.78, 5) is 23.6. The number of hydrogen-bond acceptors (Lipinski definition) is 4. The third-order valence-corrected chi connectivity index (χ3v) is 1.69. The van der Waals surface area contributed by atoms with E-state index in [4.69, 9.17) is 9.84 Å². The molecule has 5 nitrogen and oxygen atoms in total. The zero-order chi connectivity index (χ0) is 12.2. The first kappa shape index (κ1) is 13.9. The van der Waals surface area contributed by atoms with Crippen molar-refractivity contribution >= 4 is 11.9 Å². The molecule has 0 saturated carbocycles. The van der Waals surface area contributed by atoms with Crippen molar-refractivity contribution in [3.8, 4) is 0 Å². The van der Waals surface area contributed by atoms with Crippen LogP contribution in [0.5, 0.6) is 0 Å². The lowest BCUT2D eigenvalue weighted by Crippen LogP contribution is -2.39. The fraction of sp³-hybridized carbons (Fsp3) is 0.800. The Balaban J connectivity index is 4.31. The lowest BCUT2D eigenvalue weighted by atomic mass is 10.1. The van der Waals surface area contributed by atoms with E-state index in [0.717, 1.165) is 0 Å². The summed E-state index contributed by atoms with van der Waals surface area (Å²) < 4.78 is 5.04. The van der Waals surface area contributed by atoms with Crippen molar-refractivity contribution in [2.24, 2.45) is 0 Å². The van der Waals surface area contributed by atoms with Crippen molar-refractivity contribution in [3.63, 3.8) is 0 Å². The first-order valence-electron chi connectivity index (χ1n) is 4.74. The van der Waals surface area contributed by atoms with Gasteiger partial charge in [0.15, 0.2) is 0 Å². The van der Waals surface area contributed by atoms with Gasteiger partial charge in [0.2, 0.25) is 0 Å². The van der Waals surface area contributed by atoms with E-state index in [9.17, 15) is 9.59 Å². The number of hydrogen-bond donors (Lipinski definition) is 1. The second kappa shape index (κ2) is 5.11. The fourth-order valence-corrected chi connectivity index (χ4v) is 1.03. The summed E-state index contributed by atoms with van der Waals surface area (Å²) in [5.74, 6) is -1.52. The van der Waals surface area contributed by atoms with Crippen molar-refractivity contribution in [1.29, 1.82) is 0 Å². The molecule has 0 aromatic carbocycles. The molecule has 88 valence electrons. The highest BCUT2D eigenvalue weighted by Gasteiger charge is 2.26. The van der Waals surface area contributed by atoms with Crippen LogP contribution in [0.1, 0.15) is 27.2 Å². The lowest BCUT2D eigenvalue weighted by Gasteiger charge is -2.23. The van der Waals surface area contributed by atoms with Gasteiger partial charge in [0.05, 0.1) is 6.42 Å². The van der Waals surface area contributed by atoms with Gasteiger partial charge in [-0.25, -0.2) is 0 Å². The van der Waals surface area contributed by atoms with Gasteiger partial charge in [-0.2, -0.15) is 0 Å². The fourth-order valence-electron chi connectivity index (χ4n) is 1.03. The molecule has 0 heterocycles. The quantitative estimate of drug-likeness (QED) is 0.703. The number of esters is 1. The van der Waals surface area contributed by atoms with Crippen LogP contribution in [0.2, 0.25) is 0 Å². The van der Waals surface area contributed by atoms with Crippen molar-refractivity contribution in [3.05, 3.63) is 0 Å². The van der Waals surface area contributed by atoms with Crippen LogP contribution in [0.4, 0.5) is 0 Å². The van der Waals surface area contributed by atoms with E-state index in [-0.39, 0.29) is 6.42 Å². The number of likely N-dealkylation sites (N-methyl/N-ethyl adjacent to an activating group) is 1. The number of carbonyl (C=O) groups excluding carboxylic acids is 1. The van der Waals surface area contributed by atoms with Crippen LogP contribution in [0.25, 0.3) is 0 Å². The maximum Gasteiger partial charge on any atom is 0.321 e. The first-order chi connectivity index (χ1) is 6.63. The standard InChI is InChI=1S/C10H19NO4/c1-10(2,3)15-8(12)6-7(9(13)14)11(4)5/h7H,6H2,1-5H3,(H,13,14)/t7-/m1/s1. The number of carboxylic acid groups (broad SMARTS) is 1. The first-order valence-corrected chi connectivity index (χ1v) is 4.74. The van der Waals surface area contributed by atoms with Gasteiger partial charge in [-0.05, 0) is 34.9 Å². The van der Waals surface area contributed by atoms with Crippen molar-refractivity contribution in [1.82, 2.24) is 4.90 Å². The Labute approximate surface area is 90.0 Å². The maximum absolute atomic E-state index is 11.4. The third kappa shape index (κ3) is 6.06. The van der Waals surface area contributed by atoms with Gasteiger partial charge in [0.1, 0.15) is 11.6 Å². The van der Waals surface area contributed by atoms with E-state index < -0.39 is 23.6 Å². The number of carbonyl (C=O) groups is 2. The van der Waals surface area contributed by atoms with Crippen molar-refractivity contribution in [2.75, 3.05) is 14.1 Å². The van der Waals surface area contributed by atoms with E-state index in [1.54, 1.807) is 34.9 Å². The van der Waals surface area contributed by atoms with Crippen LogP contribution in [0, 0.1) is 0 Å². The van der Waals surface area contributed by atoms with Crippen LogP contribution in [0.15, 0.2) is 0 Å². The molecule has 0 unspecified atom stereocenters. The zero-order valence-corrected chi connectivity index (χ0v) is 9.90. The van der Waals surface area contributed by atoms with Crippen molar-refractivity contribution < 1.29 is 19.4 Å². The highest BCUT2D eigenvalue weighted by Crippen LogP contribution is 2.10. The van der Waals surface area contributed by atoms with Gasteiger partial charge in [-0.15, -0.1) is 0 Å². The molecule has 0 fully saturated rings. The summed E-state index contributed by atoms with van der Waals surface area (Å²) in [5, 5.41) is 8.84. The van der Waals surface area contributed by atoms with Crippen LogP contribution >= 0.6 is 0 Å². The highest BCUT2D eigenvalue weighted by atomic mass is 16.6. The number of rotatable bonds is 4. The van der Waals surface area contributed by atoms with Gasteiger partial charge < -0.3 is 9.84 Å². The molecule has 15 heavy (non-hydrogen) atoms. The summed E-state index contributed by atoms with van der Waals surface area (Å²) in [5.41, 5.74) is -0.577. The molecule has 0 rings (SSSR count). The molecule has 0 amide bonds. The average Bonchev–Trinajstić information content (AvgIpc) is 1.95. The number of nitrogens with zero attached hydrogens (tertiary/aromatic N) is 1. The number of aliphatic carboxylic acids is 1. The lowest BCUT2D eigenvalue weighted by molar-refractivity contribution is -0.160. The van der Waals surface area contributed by atoms with Crippen LogP contribution < -0.4 is 0 Å². The van der Waals surface area contributed by atoms with E-state index in [2.05, 4.69) is 0 Å². The van der Waals surface area contributed by atoms with Crippen LogP contribution in [-0.2, 0) is 14.3 Å². The minimum Gasteiger partial charge on any atom is -0.480 e. The maximum atomic E-state index is 11.4. The third-order valence-electron chi connectivity index (χ3n) is 1.69. The molecule has 0 aromatic heterocycles. The predicted molar refractivity (Wildman–Crippen MR) is 55.6 cm³/mol. The van der Waals surface area contributed by atoms with Gasteiger partial charge >= 0.3 is 11.9 Å². The Morgan fingerprint density at radius 2 is 1.80 bits per heavy atom. The van der Waals surface area contributed by atoms with Gasteiger partial charge in [0, 0.05) is 0 Å². The molecule has 0 bridgehead atoms. The zero-order valence-electron chi connectivity index (χ0n) is 9.90. The Morgan fingerprint density at radius 3 is 2.07 bits per heavy atom. The molecule has 1 atom stereocenters. The summed E-state index contributed by atoms with van der Waals surface area (Å²) in [6.45, 7) is 5.24. The number of carboxylic acids is 1. The molecule has 0 radical (unpaired) electrons. The Bertz CT molecular complexity index is 242. The average molecular weight is 217 g/mol. The highest BCUT2D eigenvalue weighted by molar-refractivity contribution is 5.81. The second-order valence-corrected chi connectivity index (χ2v) is 4.61. The predicted octanol–water partition coefficient (Wildman–Crippen LogP) is 0.733. The molecule has 1 N–H and O–H groups in total. The monoisotopic (exact) mass is 217 g/mol. The van der Waals surface area contributed by atoms with Crippen LogP contribution in [0.3, 0.4) is 0 Å². The smallest absolute Gasteiger partial charge is 0.321 e. The van der Waals surface area contributed by atoms with E-state index >= 15 is 0 Å². The SMILES string of the molecule is CN(C)[C@H](CC(=O)OC(C)(C)C)C(=O)O. The minimum absolute atomic E-state index is 0.139. The Morgan fingerprint density at radius 1 is 1.33 bits per heavy atom. The summed E-state index contributed by atoms with van der Waals surface area (Å²) in [7, 11) is 3.23. The molecule has 0 aliphatic rings. The Hall–Kier alpha value is -1.10. The molecule has 0 spiro atoms. The Kier molecular flexibility index (Phi) is 4.74. The summed E-state index contributed by atoms with van der Waals surface area (Å²) in [6.07, 6.45) is -0.139. The van der Waals surface area contributed by atoms with Gasteiger partial charge in [0.25, 0.3) is 0 Å². The molecule has 5 heteroatoms. The van der Waals surface area contributed by atoms with E-state index in [1.165, 1.54) is 4.90 Å². The molecular weight excluding hydrogens is 198 g/mol. The van der Waals surface area contributed by atoms with E-state index in [0.29, 0.717) is 0 Å². The topological polar surface area (TPSA) is 66.8 Å². The molecule has 0 aromatic rings. The van der Waals surface area contributed by atoms with Crippen molar-refractivity contribution in [2.45, 2.75) is 38.8 Å². The summed E-state index contributed by atoms with van der Waals surface area (Å²) in [6, 6.07) is -0.833. The van der Waals surface area contributed by atoms with Gasteiger partial charge in [-0.3, -0.25) is 14.5 Å². The molecule has 0 aliphatic heterocycles. The summed E-state index contributed by atoms with van der Waals surface area (Å²) >= 11 is 0.